The minimum Gasteiger partial charge on any atom is -0.477 e. The van der Waals surface area contributed by atoms with Crippen LogP contribution < -0.4 is 5.69 Å². The van der Waals surface area contributed by atoms with E-state index in [1.807, 2.05) is 25.1 Å². The van der Waals surface area contributed by atoms with Gasteiger partial charge in [0, 0.05) is 5.56 Å². The summed E-state index contributed by atoms with van der Waals surface area (Å²) in [6.07, 6.45) is 0. The van der Waals surface area contributed by atoms with Crippen LogP contribution in [0.5, 0.6) is 0 Å². The molecule has 0 amide bonds. The molecule has 5 nitrogen and oxygen atoms in total. The number of benzene rings is 1. The zero-order chi connectivity index (χ0) is 11.7. The van der Waals surface area contributed by atoms with E-state index in [4.69, 9.17) is 5.11 Å². The molecular weight excluding hydrogens is 208 g/mol. The van der Waals surface area contributed by atoms with Crippen molar-refractivity contribution < 1.29 is 9.90 Å². The quantitative estimate of drug-likeness (QED) is 0.711. The average molecular weight is 218 g/mol. The molecule has 3 N–H and O–H groups in total. The first-order chi connectivity index (χ1) is 7.58. The van der Waals surface area contributed by atoms with Crippen LogP contribution in [0.15, 0.2) is 29.1 Å². The topological polar surface area (TPSA) is 86.0 Å². The molecule has 0 aliphatic rings. The molecule has 0 unspecified atom stereocenters. The number of rotatable bonds is 2. The molecule has 1 heterocycles. The molecule has 5 heteroatoms. The minimum atomic E-state index is -1.16. The van der Waals surface area contributed by atoms with Crippen molar-refractivity contribution in [3.63, 3.8) is 0 Å². The summed E-state index contributed by atoms with van der Waals surface area (Å²) in [5.41, 5.74) is 1.34. The van der Waals surface area contributed by atoms with Gasteiger partial charge in [0.2, 0.25) is 0 Å². The summed E-state index contributed by atoms with van der Waals surface area (Å²) >= 11 is 0. The van der Waals surface area contributed by atoms with E-state index in [2.05, 4.69) is 9.97 Å². The third-order valence-electron chi connectivity index (χ3n) is 2.25. The first kappa shape index (κ1) is 10.2. The molecule has 2 aromatic rings. The molecule has 0 saturated heterocycles. The molecule has 1 aromatic carbocycles. The molecule has 0 aliphatic carbocycles. The lowest BCUT2D eigenvalue weighted by molar-refractivity contribution is 0.0692. The van der Waals surface area contributed by atoms with E-state index in [9.17, 15) is 9.59 Å². The average Bonchev–Trinajstić information content (AvgIpc) is 2.60. The van der Waals surface area contributed by atoms with Crippen LogP contribution in [0.1, 0.15) is 16.1 Å². The molecule has 0 spiro atoms. The fraction of sp³-hybridized carbons (Fsp3) is 0.0909. The van der Waals surface area contributed by atoms with Crippen molar-refractivity contribution in [2.75, 3.05) is 0 Å². The van der Waals surface area contributed by atoms with Gasteiger partial charge < -0.3 is 10.1 Å². The van der Waals surface area contributed by atoms with E-state index < -0.39 is 11.7 Å². The van der Waals surface area contributed by atoms with Crippen molar-refractivity contribution in [1.29, 1.82) is 0 Å². The Labute approximate surface area is 90.8 Å². The van der Waals surface area contributed by atoms with Gasteiger partial charge in [-0.2, -0.15) is 0 Å². The third-order valence-corrected chi connectivity index (χ3v) is 2.25. The number of H-pyrrole nitrogens is 2. The Hall–Kier alpha value is -2.30. The Morgan fingerprint density at radius 3 is 2.69 bits per heavy atom. The Morgan fingerprint density at radius 1 is 1.31 bits per heavy atom. The minimum absolute atomic E-state index is 0.115. The molecule has 82 valence electrons. The van der Waals surface area contributed by atoms with Crippen LogP contribution in [0.2, 0.25) is 0 Å². The van der Waals surface area contributed by atoms with Crippen LogP contribution >= 0.6 is 0 Å². The van der Waals surface area contributed by atoms with Crippen LogP contribution in [0.4, 0.5) is 0 Å². The molecule has 1 aromatic heterocycles. The van der Waals surface area contributed by atoms with Crippen LogP contribution in [-0.4, -0.2) is 21.0 Å². The van der Waals surface area contributed by atoms with Crippen molar-refractivity contribution in [2.24, 2.45) is 0 Å². The van der Waals surface area contributed by atoms with Crippen molar-refractivity contribution in [2.45, 2.75) is 6.92 Å². The molecule has 0 bridgehead atoms. The second-order valence-corrected chi connectivity index (χ2v) is 3.50. The normalized spacial score (nSPS) is 10.3. The Bertz CT molecular complexity index is 595. The van der Waals surface area contributed by atoms with Gasteiger partial charge in [0.05, 0.1) is 5.69 Å². The van der Waals surface area contributed by atoms with Gasteiger partial charge in [0.25, 0.3) is 0 Å². The maximum absolute atomic E-state index is 11.1. The fourth-order valence-electron chi connectivity index (χ4n) is 1.56. The number of aromatic amines is 2. The van der Waals surface area contributed by atoms with Crippen LogP contribution in [0.3, 0.4) is 0 Å². The van der Waals surface area contributed by atoms with Gasteiger partial charge >= 0.3 is 11.7 Å². The SMILES string of the molecule is Cc1cccc(-c2[nH]c(=O)[nH]c2C(=O)O)c1. The molecule has 0 aliphatic heterocycles. The zero-order valence-corrected chi connectivity index (χ0v) is 8.57. The molecule has 0 fully saturated rings. The number of carbonyl (C=O) groups is 1. The molecule has 0 atom stereocenters. The predicted octanol–water partition coefficient (Wildman–Crippen LogP) is 1.38. The maximum atomic E-state index is 11.1. The number of hydrogen-bond donors (Lipinski definition) is 3. The smallest absolute Gasteiger partial charge is 0.354 e. The summed E-state index contributed by atoms with van der Waals surface area (Å²) < 4.78 is 0. The predicted molar refractivity (Wildman–Crippen MR) is 58.5 cm³/mol. The highest BCUT2D eigenvalue weighted by molar-refractivity contribution is 5.92. The summed E-state index contributed by atoms with van der Waals surface area (Å²) in [4.78, 5) is 26.7. The molecule has 16 heavy (non-hydrogen) atoms. The summed E-state index contributed by atoms with van der Waals surface area (Å²) in [7, 11) is 0. The third kappa shape index (κ3) is 1.75. The second kappa shape index (κ2) is 3.69. The Kier molecular flexibility index (Phi) is 2.36. The number of imidazole rings is 1. The summed E-state index contributed by atoms with van der Waals surface area (Å²) in [5.74, 6) is -1.16. The number of aryl methyl sites for hydroxylation is 1. The van der Waals surface area contributed by atoms with E-state index in [-0.39, 0.29) is 5.69 Å². The number of carboxylic acid groups (broad SMARTS) is 1. The lowest BCUT2D eigenvalue weighted by atomic mass is 10.1. The van der Waals surface area contributed by atoms with Gasteiger partial charge in [-0.25, -0.2) is 9.59 Å². The highest BCUT2D eigenvalue weighted by atomic mass is 16.4. The largest absolute Gasteiger partial charge is 0.477 e. The number of aromatic carboxylic acids is 1. The van der Waals surface area contributed by atoms with Crippen LogP contribution in [-0.2, 0) is 0 Å². The van der Waals surface area contributed by atoms with Crippen molar-refractivity contribution in [1.82, 2.24) is 9.97 Å². The lowest BCUT2D eigenvalue weighted by Crippen LogP contribution is -2.03. The fourth-order valence-corrected chi connectivity index (χ4v) is 1.56. The van der Waals surface area contributed by atoms with Crippen LogP contribution in [0, 0.1) is 6.92 Å². The molecule has 0 saturated carbocycles. The van der Waals surface area contributed by atoms with E-state index in [0.29, 0.717) is 11.3 Å². The van der Waals surface area contributed by atoms with E-state index >= 15 is 0 Å². The van der Waals surface area contributed by atoms with Gasteiger partial charge in [-0.05, 0) is 13.0 Å². The van der Waals surface area contributed by atoms with Crippen molar-refractivity contribution >= 4 is 5.97 Å². The van der Waals surface area contributed by atoms with Gasteiger partial charge in [-0.3, -0.25) is 4.98 Å². The standard InChI is InChI=1S/C11H10N2O3/c1-6-3-2-4-7(5-6)8-9(10(14)15)13-11(16)12-8/h2-5H,1H3,(H,14,15)(H2,12,13,16). The van der Waals surface area contributed by atoms with Gasteiger partial charge in [-0.15, -0.1) is 0 Å². The summed E-state index contributed by atoms with van der Waals surface area (Å²) in [5, 5.41) is 8.92. The van der Waals surface area contributed by atoms with Gasteiger partial charge in [0.15, 0.2) is 5.69 Å². The highest BCUT2D eigenvalue weighted by Crippen LogP contribution is 2.19. The second-order valence-electron chi connectivity index (χ2n) is 3.50. The number of nitrogens with one attached hydrogen (secondary N) is 2. The first-order valence-electron chi connectivity index (χ1n) is 4.70. The molecule has 0 radical (unpaired) electrons. The maximum Gasteiger partial charge on any atom is 0.354 e. The first-order valence-corrected chi connectivity index (χ1v) is 4.70. The van der Waals surface area contributed by atoms with Crippen LogP contribution in [0.25, 0.3) is 11.3 Å². The summed E-state index contributed by atoms with van der Waals surface area (Å²) in [6, 6.07) is 7.26. The number of hydrogen-bond acceptors (Lipinski definition) is 2. The van der Waals surface area contributed by atoms with Gasteiger partial charge in [0.1, 0.15) is 0 Å². The molecular formula is C11H10N2O3. The Morgan fingerprint density at radius 2 is 2.06 bits per heavy atom. The van der Waals surface area contributed by atoms with E-state index in [1.54, 1.807) is 6.07 Å². The van der Waals surface area contributed by atoms with Crippen molar-refractivity contribution in [3.05, 3.63) is 46.0 Å². The van der Waals surface area contributed by atoms with E-state index in [1.165, 1.54) is 0 Å². The zero-order valence-electron chi connectivity index (χ0n) is 8.57. The number of aromatic nitrogens is 2. The monoisotopic (exact) mass is 218 g/mol. The lowest BCUT2D eigenvalue weighted by Gasteiger charge is -2.00. The number of carboxylic acids is 1. The van der Waals surface area contributed by atoms with Gasteiger partial charge in [-0.1, -0.05) is 23.8 Å². The van der Waals surface area contributed by atoms with Crippen molar-refractivity contribution in [3.8, 4) is 11.3 Å². The Balaban J connectivity index is 2.64. The summed E-state index contributed by atoms with van der Waals surface area (Å²) in [6.45, 7) is 1.90. The highest BCUT2D eigenvalue weighted by Gasteiger charge is 2.15. The van der Waals surface area contributed by atoms with E-state index in [0.717, 1.165) is 5.56 Å². The molecule has 2 rings (SSSR count).